The lowest BCUT2D eigenvalue weighted by Gasteiger charge is -2.33. The van der Waals surface area contributed by atoms with Gasteiger partial charge in [0.05, 0.1) is 34.8 Å². The minimum Gasteiger partial charge on any atom is -0.335 e. The molecule has 3 heteroatoms. The number of allylic oxidation sites excluding steroid dienone is 4. The molecular formula is C48H45N3. The molecule has 8 rings (SSSR count). The van der Waals surface area contributed by atoms with Crippen LogP contribution in [0.3, 0.4) is 0 Å². The van der Waals surface area contributed by atoms with Crippen molar-refractivity contribution in [3.05, 3.63) is 148 Å². The van der Waals surface area contributed by atoms with E-state index in [1.807, 2.05) is 26.0 Å². The van der Waals surface area contributed by atoms with Crippen LogP contribution in [0.15, 0.2) is 132 Å². The number of hydrogen-bond donors (Lipinski definition) is 0. The molecule has 0 fully saturated rings. The SMILES string of the molecule is C=Nc1ccccc1N1Cc2cc3ccccc3nc2-c2cc(-c3cccc(-c4ccc5c(c/4=C\C)=C(CC)C(=C/C)/C5=C\C)c3)ccc21.CC. The molecule has 5 aromatic carbocycles. The van der Waals surface area contributed by atoms with Crippen LogP contribution in [-0.4, -0.2) is 11.7 Å². The van der Waals surface area contributed by atoms with Gasteiger partial charge < -0.3 is 4.90 Å². The van der Waals surface area contributed by atoms with Gasteiger partial charge in [0.1, 0.15) is 0 Å². The lowest BCUT2D eigenvalue weighted by molar-refractivity contribution is 0.953. The first-order valence-electron chi connectivity index (χ1n) is 18.2. The maximum atomic E-state index is 5.25. The molecule has 0 saturated heterocycles. The lowest BCUT2D eigenvalue weighted by Crippen LogP contribution is -2.29. The first kappa shape index (κ1) is 33.7. The van der Waals surface area contributed by atoms with Crippen LogP contribution in [0, 0.1) is 0 Å². The Balaban J connectivity index is 0.00000200. The monoisotopic (exact) mass is 663 g/mol. The number of fused-ring (bicyclic) bond motifs is 5. The zero-order chi connectivity index (χ0) is 35.6. The minimum absolute atomic E-state index is 0.705. The summed E-state index contributed by atoms with van der Waals surface area (Å²) in [6, 6.07) is 39.4. The summed E-state index contributed by atoms with van der Waals surface area (Å²) in [5.74, 6) is 0. The standard InChI is InChI=1S/C46H39N3.C2H6/c1-6-34-35(7-2)39-23-22-38(37(9-4)45(39)36(34)8-3)31-17-14-16-29(25-31)30-21-24-43-40(27-30)46-33(26-32-15-10-11-18-41(32)48-46)28-49(43)44-20-13-12-19-42(44)47-5;1-2/h6-7,9-27H,5,8,28H2,1-4H3;1-2H3/b34-6+,35-7+,37-9-;. The summed E-state index contributed by atoms with van der Waals surface area (Å²) in [5.41, 5.74) is 17.7. The molecule has 0 N–H and O–H groups in total. The van der Waals surface area contributed by atoms with E-state index < -0.39 is 0 Å². The van der Waals surface area contributed by atoms with Gasteiger partial charge in [0.25, 0.3) is 0 Å². The molecule has 0 amide bonds. The largest absolute Gasteiger partial charge is 0.335 e. The molecule has 1 aliphatic heterocycles. The van der Waals surface area contributed by atoms with Crippen molar-refractivity contribution in [3.63, 3.8) is 0 Å². The van der Waals surface area contributed by atoms with Crippen molar-refractivity contribution in [1.82, 2.24) is 4.98 Å². The molecular weight excluding hydrogens is 619 g/mol. The smallest absolute Gasteiger partial charge is 0.0859 e. The second-order valence-corrected chi connectivity index (χ2v) is 12.7. The van der Waals surface area contributed by atoms with Crippen molar-refractivity contribution in [2.45, 2.75) is 54.5 Å². The van der Waals surface area contributed by atoms with Crippen LogP contribution in [0.4, 0.5) is 17.1 Å². The molecule has 1 aliphatic carbocycles. The Hall–Kier alpha value is -5.80. The molecule has 51 heavy (non-hydrogen) atoms. The first-order chi connectivity index (χ1) is 25.1. The van der Waals surface area contributed by atoms with Gasteiger partial charge in [0.15, 0.2) is 0 Å². The molecule has 6 aromatic rings. The summed E-state index contributed by atoms with van der Waals surface area (Å²) in [7, 11) is 0. The molecule has 252 valence electrons. The number of aliphatic imine (C=N–C) groups is 1. The van der Waals surface area contributed by atoms with Gasteiger partial charge in [-0.25, -0.2) is 4.98 Å². The number of anilines is 2. The number of pyridine rings is 1. The quantitative estimate of drug-likeness (QED) is 0.172. The molecule has 2 aliphatic rings. The van der Waals surface area contributed by atoms with Crippen LogP contribution in [0.25, 0.3) is 61.6 Å². The van der Waals surface area contributed by atoms with Crippen molar-refractivity contribution in [2.75, 3.05) is 4.90 Å². The fourth-order valence-electron chi connectivity index (χ4n) is 7.99. The fraction of sp³-hybridized carbons (Fsp3) is 0.167. The van der Waals surface area contributed by atoms with Gasteiger partial charge in [-0.2, -0.15) is 0 Å². The van der Waals surface area contributed by atoms with Gasteiger partial charge in [0.2, 0.25) is 0 Å². The fourth-order valence-corrected chi connectivity index (χ4v) is 7.99. The lowest BCUT2D eigenvalue weighted by atomic mass is 9.91. The first-order valence-corrected chi connectivity index (χ1v) is 18.2. The van der Waals surface area contributed by atoms with Crippen molar-refractivity contribution in [2.24, 2.45) is 4.99 Å². The normalized spacial score (nSPS) is 15.1. The Kier molecular flexibility index (Phi) is 9.38. The predicted octanol–water partition coefficient (Wildman–Crippen LogP) is 12.0. The van der Waals surface area contributed by atoms with Crippen LogP contribution >= 0.6 is 0 Å². The average molecular weight is 664 g/mol. The van der Waals surface area contributed by atoms with E-state index in [4.69, 9.17) is 4.98 Å². The highest BCUT2D eigenvalue weighted by atomic mass is 15.2. The van der Waals surface area contributed by atoms with Crippen molar-refractivity contribution in [3.8, 4) is 33.5 Å². The van der Waals surface area contributed by atoms with Gasteiger partial charge >= 0.3 is 0 Å². The van der Waals surface area contributed by atoms with Crippen LogP contribution in [0.5, 0.6) is 0 Å². The summed E-state index contributed by atoms with van der Waals surface area (Å²) in [6.07, 6.45) is 7.82. The Morgan fingerprint density at radius 1 is 0.686 bits per heavy atom. The highest BCUT2D eigenvalue weighted by Crippen LogP contribution is 2.46. The van der Waals surface area contributed by atoms with Gasteiger partial charge in [-0.05, 0) is 137 Å². The van der Waals surface area contributed by atoms with E-state index in [0.29, 0.717) is 6.54 Å². The van der Waals surface area contributed by atoms with Crippen molar-refractivity contribution in [1.29, 1.82) is 0 Å². The third-order valence-corrected chi connectivity index (χ3v) is 10.2. The highest BCUT2D eigenvalue weighted by molar-refractivity contribution is 6.00. The number of hydrogen-bond acceptors (Lipinski definition) is 3. The molecule has 2 heterocycles. The summed E-state index contributed by atoms with van der Waals surface area (Å²) in [5, 5.41) is 3.84. The number of benzene rings is 5. The van der Waals surface area contributed by atoms with Crippen LogP contribution in [0.2, 0.25) is 0 Å². The summed E-state index contributed by atoms with van der Waals surface area (Å²) in [4.78, 5) is 12.0. The van der Waals surface area contributed by atoms with E-state index in [0.717, 1.165) is 51.2 Å². The predicted molar refractivity (Wildman–Crippen MR) is 221 cm³/mol. The number of nitrogens with zero attached hydrogens (tertiary/aromatic N) is 3. The Bertz CT molecular complexity index is 2510. The van der Waals surface area contributed by atoms with E-state index in [1.165, 1.54) is 55.0 Å². The van der Waals surface area contributed by atoms with E-state index in [2.05, 4.69) is 160 Å². The maximum Gasteiger partial charge on any atom is 0.0859 e. The number of aromatic nitrogens is 1. The third-order valence-electron chi connectivity index (χ3n) is 10.2. The Morgan fingerprint density at radius 2 is 1.41 bits per heavy atom. The van der Waals surface area contributed by atoms with Gasteiger partial charge in [-0.15, -0.1) is 0 Å². The summed E-state index contributed by atoms with van der Waals surface area (Å²) in [6.45, 7) is 17.3. The van der Waals surface area contributed by atoms with Crippen LogP contribution in [0.1, 0.15) is 59.1 Å². The minimum atomic E-state index is 0.705. The van der Waals surface area contributed by atoms with Crippen molar-refractivity contribution >= 4 is 51.9 Å². The van der Waals surface area contributed by atoms with Gasteiger partial charge in [-0.1, -0.05) is 106 Å². The van der Waals surface area contributed by atoms with Crippen LogP contribution < -0.4 is 15.3 Å². The molecule has 0 spiro atoms. The molecule has 0 radical (unpaired) electrons. The van der Waals surface area contributed by atoms with Crippen LogP contribution in [-0.2, 0) is 6.54 Å². The second kappa shape index (κ2) is 14.2. The molecule has 0 atom stereocenters. The molecule has 0 unspecified atom stereocenters. The van der Waals surface area contributed by atoms with E-state index >= 15 is 0 Å². The second-order valence-electron chi connectivity index (χ2n) is 12.7. The third kappa shape index (κ3) is 5.63. The number of rotatable bonds is 5. The highest BCUT2D eigenvalue weighted by Gasteiger charge is 2.27. The Labute approximate surface area is 302 Å². The average Bonchev–Trinajstić information content (AvgIpc) is 3.52. The molecule has 0 bridgehead atoms. The zero-order valence-electron chi connectivity index (χ0n) is 30.6. The van der Waals surface area contributed by atoms with E-state index in [9.17, 15) is 0 Å². The number of para-hydroxylation sites is 3. The molecule has 1 aromatic heterocycles. The Morgan fingerprint density at radius 3 is 2.18 bits per heavy atom. The summed E-state index contributed by atoms with van der Waals surface area (Å²) >= 11 is 0. The zero-order valence-corrected chi connectivity index (χ0v) is 30.6. The van der Waals surface area contributed by atoms with E-state index in [-0.39, 0.29) is 0 Å². The van der Waals surface area contributed by atoms with E-state index in [1.54, 1.807) is 0 Å². The maximum absolute atomic E-state index is 5.25. The van der Waals surface area contributed by atoms with Crippen molar-refractivity contribution < 1.29 is 0 Å². The summed E-state index contributed by atoms with van der Waals surface area (Å²) < 4.78 is 0. The van der Waals surface area contributed by atoms with Gasteiger partial charge in [0, 0.05) is 10.9 Å². The topological polar surface area (TPSA) is 28.5 Å². The molecule has 3 nitrogen and oxygen atoms in total. The van der Waals surface area contributed by atoms with Gasteiger partial charge in [-0.3, -0.25) is 4.99 Å². The molecule has 0 saturated carbocycles.